The number of nitrogens with one attached hydrogen (secondary N) is 4. The van der Waals surface area contributed by atoms with Crippen LogP contribution in [0.3, 0.4) is 0 Å². The molecule has 4 N–H and O–H groups in total. The van der Waals surface area contributed by atoms with Crippen LogP contribution in [0, 0.1) is 11.6 Å². The van der Waals surface area contributed by atoms with Crippen LogP contribution in [0.4, 0.5) is 31.5 Å². The van der Waals surface area contributed by atoms with Gasteiger partial charge in [-0.15, -0.1) is 0 Å². The van der Waals surface area contributed by atoms with Crippen molar-refractivity contribution in [1.29, 1.82) is 0 Å². The first-order valence-electron chi connectivity index (χ1n) is 21.5. The summed E-state index contributed by atoms with van der Waals surface area (Å²) in [6.45, 7) is 6.55. The van der Waals surface area contributed by atoms with Crippen LogP contribution >= 0.6 is 0 Å². The largest absolute Gasteiger partial charge is 0.374 e. The minimum atomic E-state index is -4.09. The molecule has 5 aromatic rings. The highest BCUT2D eigenvalue weighted by Gasteiger charge is 2.31. The van der Waals surface area contributed by atoms with E-state index in [9.17, 15) is 27.6 Å². The molecule has 4 fully saturated rings. The number of H-pyrrole nitrogens is 1. The number of carbonyl (C=O) groups excluding carboxylic acids is 4. The van der Waals surface area contributed by atoms with Crippen molar-refractivity contribution in [3.05, 3.63) is 102 Å². The van der Waals surface area contributed by atoms with Crippen molar-refractivity contribution in [3.63, 3.8) is 0 Å². The van der Waals surface area contributed by atoms with Gasteiger partial charge in [-0.2, -0.15) is 12.7 Å². The maximum Gasteiger partial charge on any atom is 0.301 e. The number of benzene rings is 3. The molecule has 3 amide bonds. The van der Waals surface area contributed by atoms with Crippen LogP contribution < -0.4 is 25.2 Å². The summed E-state index contributed by atoms with van der Waals surface area (Å²) < 4.78 is 59.9. The molecule has 4 saturated heterocycles. The minimum absolute atomic E-state index is 0.0156. The summed E-state index contributed by atoms with van der Waals surface area (Å²) in [6, 6.07) is 18.9. The number of carbonyl (C=O) groups is 4. The number of hydrogen-bond acceptors (Lipinski definition) is 11. The fourth-order valence-electron chi connectivity index (χ4n) is 8.79. The van der Waals surface area contributed by atoms with Crippen LogP contribution in [-0.4, -0.2) is 134 Å². The SMILES string of the molecule is O=C1CCC(Nc2ccc(N3CCN(CC(=O)N4CCN(c5ccc(-c6cnc7[nH]cc(C(=O)c8c(F)ccc(NS(=O)(=O)N9CCCC9)c8F)c7c6)cc5)CC4)CC3)cc2)C(=O)N1. The lowest BCUT2D eigenvalue weighted by atomic mass is 9.99. The number of aromatic amines is 1. The molecule has 16 nitrogen and oxygen atoms in total. The Morgan fingerprint density at radius 2 is 1.45 bits per heavy atom. The fourth-order valence-corrected chi connectivity index (χ4v) is 10.1. The summed E-state index contributed by atoms with van der Waals surface area (Å²) in [5.41, 5.74) is 3.30. The Bertz CT molecular complexity index is 2690. The van der Waals surface area contributed by atoms with E-state index in [0.29, 0.717) is 75.0 Å². The van der Waals surface area contributed by atoms with Gasteiger partial charge in [-0.3, -0.25) is 34.1 Å². The molecule has 0 saturated carbocycles. The second-order valence-corrected chi connectivity index (χ2v) is 18.2. The molecular weight excluding hydrogens is 847 g/mol. The number of ketones is 1. The molecule has 0 radical (unpaired) electrons. The molecule has 19 heteroatoms. The van der Waals surface area contributed by atoms with Crippen LogP contribution in [0.25, 0.3) is 22.2 Å². The number of imide groups is 1. The Balaban J connectivity index is 0.771. The van der Waals surface area contributed by atoms with Crippen LogP contribution in [0.2, 0.25) is 0 Å². The average molecular weight is 895 g/mol. The first kappa shape index (κ1) is 42.8. The summed E-state index contributed by atoms with van der Waals surface area (Å²) in [5, 5.41) is 5.93. The third kappa shape index (κ3) is 9.00. The van der Waals surface area contributed by atoms with Gasteiger partial charge < -0.3 is 25.0 Å². The van der Waals surface area contributed by atoms with Crippen molar-refractivity contribution in [2.45, 2.75) is 31.7 Å². The Labute approximate surface area is 368 Å². The molecule has 2 aromatic heterocycles. The van der Waals surface area contributed by atoms with Gasteiger partial charge in [-0.05, 0) is 79.4 Å². The molecule has 64 heavy (non-hydrogen) atoms. The van der Waals surface area contributed by atoms with E-state index in [1.807, 2.05) is 53.4 Å². The number of halogens is 2. The van der Waals surface area contributed by atoms with Gasteiger partial charge in [0, 0.05) is 118 Å². The van der Waals surface area contributed by atoms with Crippen LogP contribution in [-0.2, 0) is 24.6 Å². The number of fused-ring (bicyclic) bond motifs is 1. The maximum absolute atomic E-state index is 15.7. The molecule has 9 rings (SSSR count). The quantitative estimate of drug-likeness (QED) is 0.104. The normalized spacial score (nSPS) is 19.0. The maximum atomic E-state index is 15.7. The fraction of sp³-hybridized carbons (Fsp3) is 0.356. The van der Waals surface area contributed by atoms with Gasteiger partial charge in [-0.1, -0.05) is 12.1 Å². The van der Waals surface area contributed by atoms with Gasteiger partial charge in [0.05, 0.1) is 17.8 Å². The van der Waals surface area contributed by atoms with Gasteiger partial charge in [0.2, 0.25) is 23.5 Å². The number of piperidine rings is 1. The summed E-state index contributed by atoms with van der Waals surface area (Å²) in [7, 11) is -4.09. The zero-order chi connectivity index (χ0) is 44.5. The van der Waals surface area contributed by atoms with Gasteiger partial charge in [0.1, 0.15) is 17.5 Å². The third-order valence-corrected chi connectivity index (χ3v) is 14.0. The second kappa shape index (κ2) is 18.0. The van der Waals surface area contributed by atoms with Crippen molar-refractivity contribution in [2.24, 2.45) is 0 Å². The van der Waals surface area contributed by atoms with Gasteiger partial charge in [-0.25, -0.2) is 13.8 Å². The van der Waals surface area contributed by atoms with Crippen LogP contribution in [0.15, 0.2) is 79.1 Å². The number of aromatic nitrogens is 2. The number of rotatable bonds is 12. The lowest BCUT2D eigenvalue weighted by Gasteiger charge is -2.39. The average Bonchev–Trinajstić information content (AvgIpc) is 4.01. The summed E-state index contributed by atoms with van der Waals surface area (Å²) >= 11 is 0. The first-order chi connectivity index (χ1) is 30.9. The van der Waals surface area contributed by atoms with Crippen molar-refractivity contribution in [2.75, 3.05) is 91.8 Å². The molecule has 1 atom stereocenters. The molecule has 0 bridgehead atoms. The van der Waals surface area contributed by atoms with E-state index in [-0.39, 0.29) is 36.4 Å². The number of amides is 3. The van der Waals surface area contributed by atoms with Crippen molar-refractivity contribution in [1.82, 2.24) is 29.4 Å². The number of nitrogens with zero attached hydrogens (tertiary/aromatic N) is 6. The highest BCUT2D eigenvalue weighted by molar-refractivity contribution is 7.90. The first-order valence-corrected chi connectivity index (χ1v) is 22.9. The zero-order valence-corrected chi connectivity index (χ0v) is 35.8. The lowest BCUT2D eigenvalue weighted by molar-refractivity contribution is -0.134. The Kier molecular flexibility index (Phi) is 12.0. The number of anilines is 4. The van der Waals surface area contributed by atoms with Gasteiger partial charge in [0.25, 0.3) is 0 Å². The minimum Gasteiger partial charge on any atom is -0.374 e. The molecule has 1 unspecified atom stereocenters. The van der Waals surface area contributed by atoms with Crippen molar-refractivity contribution >= 4 is 67.5 Å². The topological polar surface area (TPSA) is 183 Å². The van der Waals surface area contributed by atoms with Gasteiger partial charge in [0.15, 0.2) is 5.82 Å². The zero-order valence-electron chi connectivity index (χ0n) is 35.0. The van der Waals surface area contributed by atoms with E-state index in [1.54, 1.807) is 12.3 Å². The molecule has 0 aliphatic carbocycles. The molecule has 0 spiro atoms. The molecule has 334 valence electrons. The molecule has 4 aliphatic heterocycles. The van der Waals surface area contributed by atoms with E-state index in [2.05, 4.69) is 40.0 Å². The third-order valence-electron chi connectivity index (χ3n) is 12.5. The summed E-state index contributed by atoms with van der Waals surface area (Å²) in [5.74, 6) is -3.81. The Morgan fingerprint density at radius 3 is 2.12 bits per heavy atom. The predicted molar refractivity (Wildman–Crippen MR) is 238 cm³/mol. The van der Waals surface area contributed by atoms with E-state index >= 15 is 8.78 Å². The lowest BCUT2D eigenvalue weighted by Crippen LogP contribution is -2.54. The predicted octanol–water partition coefficient (Wildman–Crippen LogP) is 4.18. The highest BCUT2D eigenvalue weighted by atomic mass is 32.2. The molecule has 6 heterocycles. The molecule has 4 aliphatic rings. The van der Waals surface area contributed by atoms with E-state index in [1.165, 1.54) is 10.5 Å². The second-order valence-electron chi connectivity index (χ2n) is 16.5. The van der Waals surface area contributed by atoms with Gasteiger partial charge >= 0.3 is 10.2 Å². The number of pyridine rings is 1. The van der Waals surface area contributed by atoms with E-state index in [0.717, 1.165) is 60.9 Å². The Hall–Kier alpha value is -6.44. The monoisotopic (exact) mass is 894 g/mol. The molecule has 3 aromatic carbocycles. The van der Waals surface area contributed by atoms with Crippen LogP contribution in [0.5, 0.6) is 0 Å². The van der Waals surface area contributed by atoms with Crippen LogP contribution in [0.1, 0.15) is 41.6 Å². The Morgan fingerprint density at radius 1 is 0.797 bits per heavy atom. The van der Waals surface area contributed by atoms with E-state index < -0.39 is 44.9 Å². The molecular formula is C45H48F2N10O6S. The van der Waals surface area contributed by atoms with E-state index in [4.69, 9.17) is 0 Å². The number of piperazine rings is 2. The summed E-state index contributed by atoms with van der Waals surface area (Å²) in [4.78, 5) is 66.7. The van der Waals surface area contributed by atoms with Crippen molar-refractivity contribution in [3.8, 4) is 11.1 Å². The highest BCUT2D eigenvalue weighted by Crippen LogP contribution is 2.31. The standard InChI is InChI=1S/C45H48F2N10O6S/c46-36-11-12-37(52-64(62,63)57-15-1-2-16-57)42(47)41(36)43(60)35-27-49-44-34(35)25-30(26-48-44)29-3-7-32(8-4-29)55-21-23-56(24-22-55)40(59)28-53-17-19-54(20-18-53)33-9-5-31(6-10-33)50-38-13-14-39(58)51-45(38)61/h3-12,25-27,38,50,52H,1-2,13-24,28H2,(H,48,49)(H,51,58,61). The smallest absolute Gasteiger partial charge is 0.301 e. The van der Waals surface area contributed by atoms with Crippen molar-refractivity contribution < 1.29 is 36.4 Å². The summed E-state index contributed by atoms with van der Waals surface area (Å²) in [6.07, 6.45) is 5.12. The number of hydrogen-bond donors (Lipinski definition) is 4.